The van der Waals surface area contributed by atoms with Crippen molar-refractivity contribution in [3.8, 4) is 0 Å². The van der Waals surface area contributed by atoms with Gasteiger partial charge >= 0.3 is 5.97 Å². The summed E-state index contributed by atoms with van der Waals surface area (Å²) in [6, 6.07) is -2.89. The van der Waals surface area contributed by atoms with Gasteiger partial charge in [-0.25, -0.2) is 4.79 Å². The zero-order chi connectivity index (χ0) is 25.4. The van der Waals surface area contributed by atoms with E-state index in [1.54, 1.807) is 0 Å². The average molecular weight is 473 g/mol. The maximum Gasteiger partial charge on any atom is 0.326 e. The number of carbonyl (C=O) groups excluding carboxylic acids is 3. The van der Waals surface area contributed by atoms with Crippen molar-refractivity contribution in [2.24, 2.45) is 33.8 Å². The smallest absolute Gasteiger partial charge is 0.326 e. The second kappa shape index (κ2) is 16.7. The van der Waals surface area contributed by atoms with Crippen LogP contribution in [0.4, 0.5) is 0 Å². The van der Waals surface area contributed by atoms with Crippen LogP contribution in [0.5, 0.6) is 0 Å². The summed E-state index contributed by atoms with van der Waals surface area (Å²) in [5.41, 5.74) is 21.7. The summed E-state index contributed by atoms with van der Waals surface area (Å²) in [7, 11) is 0. The molecule has 0 fully saturated rings. The predicted octanol–water partition coefficient (Wildman–Crippen LogP) is -2.29. The number of amides is 3. The summed E-state index contributed by atoms with van der Waals surface area (Å²) in [4.78, 5) is 52.3. The van der Waals surface area contributed by atoms with E-state index in [9.17, 15) is 24.3 Å². The molecule has 3 atom stereocenters. The van der Waals surface area contributed by atoms with Crippen molar-refractivity contribution in [2.75, 3.05) is 19.6 Å². The Kier molecular flexibility index (Phi) is 15.2. The first kappa shape index (κ1) is 30.1. The van der Waals surface area contributed by atoms with E-state index in [1.807, 2.05) is 13.8 Å². The Balaban J connectivity index is 4.93. The topological polar surface area (TPSA) is 241 Å². The Morgan fingerprint density at radius 2 is 1.58 bits per heavy atom. The third-order valence-corrected chi connectivity index (χ3v) is 4.64. The van der Waals surface area contributed by atoms with Gasteiger partial charge in [-0.2, -0.15) is 0 Å². The van der Waals surface area contributed by atoms with Gasteiger partial charge in [-0.3, -0.25) is 19.4 Å². The number of nitrogens with one attached hydrogen (secondary N) is 3. The summed E-state index contributed by atoms with van der Waals surface area (Å²) >= 11 is 0. The lowest BCUT2D eigenvalue weighted by molar-refractivity contribution is -0.142. The highest BCUT2D eigenvalue weighted by Crippen LogP contribution is 2.05. The number of carbonyl (C=O) groups is 4. The number of aliphatic carboxylic acids is 1. The number of aliphatic imine (C=N–C) groups is 1. The van der Waals surface area contributed by atoms with E-state index < -0.39 is 41.8 Å². The van der Waals surface area contributed by atoms with E-state index in [2.05, 4.69) is 20.9 Å². The largest absolute Gasteiger partial charge is 0.480 e. The van der Waals surface area contributed by atoms with Crippen molar-refractivity contribution in [1.29, 1.82) is 0 Å². The summed E-state index contributed by atoms with van der Waals surface area (Å²) in [6.45, 7) is 4.13. The molecule has 0 heterocycles. The van der Waals surface area contributed by atoms with Gasteiger partial charge in [0, 0.05) is 6.54 Å². The number of nitrogens with zero attached hydrogens (tertiary/aromatic N) is 1. The molecule has 0 aromatic rings. The number of hydrogen-bond acceptors (Lipinski definition) is 7. The predicted molar refractivity (Wildman–Crippen MR) is 125 cm³/mol. The van der Waals surface area contributed by atoms with Gasteiger partial charge in [-0.05, 0) is 51.0 Å². The molecule has 0 aliphatic rings. The summed E-state index contributed by atoms with van der Waals surface area (Å²) in [5.74, 6) is -2.80. The molecule has 0 aliphatic heterocycles. The fraction of sp³-hybridized carbons (Fsp3) is 0.750. The van der Waals surface area contributed by atoms with Gasteiger partial charge < -0.3 is 44.0 Å². The Morgan fingerprint density at radius 1 is 0.939 bits per heavy atom. The molecule has 3 unspecified atom stereocenters. The first-order valence-corrected chi connectivity index (χ1v) is 11.1. The van der Waals surface area contributed by atoms with Crippen molar-refractivity contribution in [1.82, 2.24) is 16.0 Å². The minimum atomic E-state index is -1.22. The van der Waals surface area contributed by atoms with Gasteiger partial charge in [0.2, 0.25) is 17.7 Å². The van der Waals surface area contributed by atoms with Crippen molar-refractivity contribution >= 4 is 29.7 Å². The third-order valence-electron chi connectivity index (χ3n) is 4.64. The number of carboxylic acid groups (broad SMARTS) is 1. The lowest BCUT2D eigenvalue weighted by atomic mass is 10.0. The molecule has 0 bridgehead atoms. The molecule has 0 rings (SSSR count). The van der Waals surface area contributed by atoms with Gasteiger partial charge in [0.15, 0.2) is 5.96 Å². The lowest BCUT2D eigenvalue weighted by Gasteiger charge is -2.22. The van der Waals surface area contributed by atoms with Crippen LogP contribution in [0, 0.1) is 5.92 Å². The average Bonchev–Trinajstić information content (AvgIpc) is 2.72. The molecular weight excluding hydrogens is 432 g/mol. The minimum absolute atomic E-state index is 0.102. The second-order valence-corrected chi connectivity index (χ2v) is 8.21. The monoisotopic (exact) mass is 472 g/mol. The van der Waals surface area contributed by atoms with Crippen LogP contribution in [0.15, 0.2) is 4.99 Å². The molecule has 12 N–H and O–H groups in total. The highest BCUT2D eigenvalue weighted by Gasteiger charge is 2.26. The fourth-order valence-corrected chi connectivity index (χ4v) is 2.95. The van der Waals surface area contributed by atoms with E-state index in [-0.39, 0.29) is 37.8 Å². The molecule has 3 amide bonds. The first-order valence-electron chi connectivity index (χ1n) is 11.1. The number of nitrogens with two attached hydrogens (primary N) is 4. The van der Waals surface area contributed by atoms with Crippen molar-refractivity contribution in [3.63, 3.8) is 0 Å². The van der Waals surface area contributed by atoms with Crippen LogP contribution in [0.25, 0.3) is 0 Å². The Morgan fingerprint density at radius 3 is 2.12 bits per heavy atom. The number of hydrogen-bond donors (Lipinski definition) is 8. The number of unbranched alkanes of at least 4 members (excludes halogenated alkanes) is 1. The molecule has 0 radical (unpaired) electrons. The highest BCUT2D eigenvalue weighted by atomic mass is 16.4. The molecule has 13 heteroatoms. The standard InChI is InChI=1S/C20H40N8O5/c1-12(2)10-13(22)17(30)26-11-16(29)27-14(6-3-4-8-21)18(31)28-15(19(32)33)7-5-9-25-20(23)24/h12-15H,3-11,21-22H2,1-2H3,(H,26,30)(H,27,29)(H,28,31)(H,32,33)(H4,23,24,25). The quantitative estimate of drug-likeness (QED) is 0.0644. The van der Waals surface area contributed by atoms with Crippen LogP contribution in [0.3, 0.4) is 0 Å². The molecule has 190 valence electrons. The molecule has 33 heavy (non-hydrogen) atoms. The maximum absolute atomic E-state index is 12.7. The zero-order valence-corrected chi connectivity index (χ0v) is 19.5. The van der Waals surface area contributed by atoms with Crippen molar-refractivity contribution in [2.45, 2.75) is 70.5 Å². The van der Waals surface area contributed by atoms with Crippen molar-refractivity contribution < 1.29 is 24.3 Å². The minimum Gasteiger partial charge on any atom is -0.480 e. The third kappa shape index (κ3) is 14.7. The number of guanidine groups is 1. The Labute approximate surface area is 194 Å². The molecule has 0 aromatic heterocycles. The van der Waals surface area contributed by atoms with E-state index in [1.165, 1.54) is 0 Å². The van der Waals surface area contributed by atoms with Gasteiger partial charge in [-0.1, -0.05) is 13.8 Å². The summed E-state index contributed by atoms with van der Waals surface area (Å²) in [6.07, 6.45) is 2.34. The number of rotatable bonds is 17. The zero-order valence-electron chi connectivity index (χ0n) is 19.5. The normalized spacial score (nSPS) is 13.5. The van der Waals surface area contributed by atoms with Crippen LogP contribution in [-0.2, 0) is 19.2 Å². The maximum atomic E-state index is 12.7. The van der Waals surface area contributed by atoms with Crippen LogP contribution in [0.1, 0.15) is 52.4 Å². The van der Waals surface area contributed by atoms with Crippen LogP contribution >= 0.6 is 0 Å². The molecule has 0 aliphatic carbocycles. The van der Waals surface area contributed by atoms with Crippen LogP contribution < -0.4 is 38.9 Å². The molecule has 0 saturated carbocycles. The fourth-order valence-electron chi connectivity index (χ4n) is 2.95. The summed E-state index contributed by atoms with van der Waals surface area (Å²) < 4.78 is 0. The molecule has 0 spiro atoms. The van der Waals surface area contributed by atoms with Gasteiger partial charge in [0.05, 0.1) is 12.6 Å². The van der Waals surface area contributed by atoms with E-state index in [0.29, 0.717) is 32.2 Å². The Bertz CT molecular complexity index is 667. The molecule has 13 nitrogen and oxygen atoms in total. The highest BCUT2D eigenvalue weighted by molar-refractivity contribution is 5.92. The van der Waals surface area contributed by atoms with Gasteiger partial charge in [0.1, 0.15) is 12.1 Å². The van der Waals surface area contributed by atoms with E-state index in [0.717, 1.165) is 0 Å². The first-order chi connectivity index (χ1) is 15.5. The SMILES string of the molecule is CC(C)CC(N)C(=O)NCC(=O)NC(CCCCN)C(=O)NC(CCCN=C(N)N)C(=O)O. The van der Waals surface area contributed by atoms with Gasteiger partial charge in [-0.15, -0.1) is 0 Å². The van der Waals surface area contributed by atoms with Crippen molar-refractivity contribution in [3.05, 3.63) is 0 Å². The number of carboxylic acids is 1. The lowest BCUT2D eigenvalue weighted by Crippen LogP contribution is -2.53. The summed E-state index contributed by atoms with van der Waals surface area (Å²) in [5, 5.41) is 16.8. The second-order valence-electron chi connectivity index (χ2n) is 8.21. The van der Waals surface area contributed by atoms with Crippen LogP contribution in [0.2, 0.25) is 0 Å². The molecular formula is C20H40N8O5. The Hall–Kier alpha value is -2.93. The van der Waals surface area contributed by atoms with Crippen LogP contribution in [-0.4, -0.2) is 72.5 Å². The molecule has 0 saturated heterocycles. The molecule has 0 aromatic carbocycles. The van der Waals surface area contributed by atoms with Gasteiger partial charge in [0.25, 0.3) is 0 Å². The van der Waals surface area contributed by atoms with E-state index in [4.69, 9.17) is 22.9 Å². The van der Waals surface area contributed by atoms with E-state index >= 15 is 0 Å².